The number of methoxy groups -OCH3 is 2. The lowest BCUT2D eigenvalue weighted by atomic mass is 10.1. The molecule has 1 heterocycles. The van der Waals surface area contributed by atoms with E-state index < -0.39 is 11.9 Å². The second kappa shape index (κ2) is 7.04. The number of aromatic amines is 1. The lowest BCUT2D eigenvalue weighted by Crippen LogP contribution is -2.13. The Balaban J connectivity index is 2.71. The van der Waals surface area contributed by atoms with Crippen LogP contribution in [-0.4, -0.2) is 44.4 Å². The van der Waals surface area contributed by atoms with Crippen LogP contribution in [-0.2, 0) is 9.47 Å². The van der Waals surface area contributed by atoms with E-state index in [0.717, 1.165) is 0 Å². The van der Waals surface area contributed by atoms with E-state index in [4.69, 9.17) is 18.9 Å². The Bertz CT molecular complexity index is 734. The minimum absolute atomic E-state index is 0.0515. The van der Waals surface area contributed by atoms with Crippen LogP contribution in [0, 0.1) is 0 Å². The molecule has 1 aromatic heterocycles. The molecule has 0 unspecified atom stereocenters. The SMILES string of the molecule is CCOC(=O)c1[nH]c2cc(OC)c(OC)cc2c1C(=O)OCC. The number of aromatic nitrogens is 1. The third kappa shape index (κ3) is 3.08. The summed E-state index contributed by atoms with van der Waals surface area (Å²) < 4.78 is 20.5. The van der Waals surface area contributed by atoms with Gasteiger partial charge in [-0.05, 0) is 19.9 Å². The first-order valence-electron chi connectivity index (χ1n) is 7.19. The van der Waals surface area contributed by atoms with Gasteiger partial charge in [-0.3, -0.25) is 0 Å². The van der Waals surface area contributed by atoms with Gasteiger partial charge < -0.3 is 23.9 Å². The van der Waals surface area contributed by atoms with E-state index in [9.17, 15) is 9.59 Å². The van der Waals surface area contributed by atoms with Crippen LogP contribution in [0.5, 0.6) is 11.5 Å². The Kier molecular flexibility index (Phi) is 5.10. The molecule has 0 spiro atoms. The monoisotopic (exact) mass is 321 g/mol. The van der Waals surface area contributed by atoms with Crippen LogP contribution in [0.3, 0.4) is 0 Å². The molecule has 0 amide bonds. The minimum Gasteiger partial charge on any atom is -0.493 e. The Morgan fingerprint density at radius 1 is 0.957 bits per heavy atom. The molecule has 0 bridgehead atoms. The molecule has 1 aromatic carbocycles. The maximum absolute atomic E-state index is 12.3. The first-order chi connectivity index (χ1) is 11.1. The highest BCUT2D eigenvalue weighted by Crippen LogP contribution is 2.35. The molecule has 0 saturated carbocycles. The summed E-state index contributed by atoms with van der Waals surface area (Å²) in [7, 11) is 3.00. The van der Waals surface area contributed by atoms with Crippen LogP contribution in [0.15, 0.2) is 12.1 Å². The molecule has 0 aliphatic rings. The molecule has 2 aromatic rings. The van der Waals surface area contributed by atoms with Crippen molar-refractivity contribution in [3.8, 4) is 11.5 Å². The van der Waals surface area contributed by atoms with Crippen molar-refractivity contribution in [3.63, 3.8) is 0 Å². The van der Waals surface area contributed by atoms with E-state index >= 15 is 0 Å². The van der Waals surface area contributed by atoms with Gasteiger partial charge in [0.15, 0.2) is 11.5 Å². The average molecular weight is 321 g/mol. The van der Waals surface area contributed by atoms with Gasteiger partial charge in [-0.15, -0.1) is 0 Å². The van der Waals surface area contributed by atoms with Gasteiger partial charge >= 0.3 is 11.9 Å². The number of H-pyrrole nitrogens is 1. The predicted octanol–water partition coefficient (Wildman–Crippen LogP) is 2.54. The molecule has 0 fully saturated rings. The zero-order valence-electron chi connectivity index (χ0n) is 13.5. The number of ether oxygens (including phenoxy) is 4. The lowest BCUT2D eigenvalue weighted by molar-refractivity contribution is 0.0477. The Morgan fingerprint density at radius 2 is 1.52 bits per heavy atom. The smallest absolute Gasteiger partial charge is 0.355 e. The number of carbonyl (C=O) groups is 2. The van der Waals surface area contributed by atoms with Crippen molar-refractivity contribution in [1.29, 1.82) is 0 Å². The quantitative estimate of drug-likeness (QED) is 0.823. The van der Waals surface area contributed by atoms with Crippen LogP contribution < -0.4 is 9.47 Å². The Hall–Kier alpha value is -2.70. The van der Waals surface area contributed by atoms with E-state index in [1.165, 1.54) is 14.2 Å². The number of fused-ring (bicyclic) bond motifs is 1. The number of nitrogens with one attached hydrogen (secondary N) is 1. The maximum atomic E-state index is 12.3. The number of benzene rings is 1. The van der Waals surface area contributed by atoms with Gasteiger partial charge in [-0.1, -0.05) is 0 Å². The van der Waals surface area contributed by atoms with Crippen LogP contribution in [0.4, 0.5) is 0 Å². The molecular formula is C16H19NO6. The number of hydrogen-bond acceptors (Lipinski definition) is 6. The molecule has 0 aliphatic carbocycles. The number of carbonyl (C=O) groups excluding carboxylic acids is 2. The van der Waals surface area contributed by atoms with Gasteiger partial charge in [0.1, 0.15) is 11.3 Å². The van der Waals surface area contributed by atoms with Gasteiger partial charge in [0, 0.05) is 11.5 Å². The summed E-state index contributed by atoms with van der Waals surface area (Å²) in [5.41, 5.74) is 0.727. The van der Waals surface area contributed by atoms with E-state index in [1.807, 2.05) is 0 Å². The third-order valence-corrected chi connectivity index (χ3v) is 3.26. The molecule has 0 saturated heterocycles. The van der Waals surface area contributed by atoms with Crippen LogP contribution in [0.1, 0.15) is 34.7 Å². The fraction of sp³-hybridized carbons (Fsp3) is 0.375. The normalized spacial score (nSPS) is 10.4. The zero-order chi connectivity index (χ0) is 17.0. The summed E-state index contributed by atoms with van der Waals surface area (Å²) in [6.07, 6.45) is 0. The molecule has 0 atom stereocenters. The second-order valence-electron chi connectivity index (χ2n) is 4.57. The van der Waals surface area contributed by atoms with Crippen molar-refractivity contribution < 1.29 is 28.5 Å². The van der Waals surface area contributed by atoms with E-state index in [2.05, 4.69) is 4.98 Å². The predicted molar refractivity (Wildman–Crippen MR) is 83.3 cm³/mol. The molecular weight excluding hydrogens is 302 g/mol. The van der Waals surface area contributed by atoms with Crippen molar-refractivity contribution in [2.24, 2.45) is 0 Å². The Morgan fingerprint density at radius 3 is 2.09 bits per heavy atom. The highest BCUT2D eigenvalue weighted by atomic mass is 16.5. The summed E-state index contributed by atoms with van der Waals surface area (Å²) >= 11 is 0. The summed E-state index contributed by atoms with van der Waals surface area (Å²) in [5, 5.41) is 0.504. The van der Waals surface area contributed by atoms with Gasteiger partial charge in [-0.25, -0.2) is 9.59 Å². The molecule has 124 valence electrons. The molecule has 23 heavy (non-hydrogen) atoms. The minimum atomic E-state index is -0.621. The molecule has 0 aliphatic heterocycles. The fourth-order valence-electron chi connectivity index (χ4n) is 2.29. The van der Waals surface area contributed by atoms with Crippen LogP contribution in [0.25, 0.3) is 10.9 Å². The van der Waals surface area contributed by atoms with Crippen LogP contribution >= 0.6 is 0 Å². The van der Waals surface area contributed by atoms with Gasteiger partial charge in [0.05, 0.1) is 33.0 Å². The van der Waals surface area contributed by atoms with Crippen molar-refractivity contribution in [1.82, 2.24) is 4.98 Å². The van der Waals surface area contributed by atoms with Gasteiger partial charge in [-0.2, -0.15) is 0 Å². The largest absolute Gasteiger partial charge is 0.493 e. The Labute approximate surface area is 133 Å². The summed E-state index contributed by atoms with van der Waals surface area (Å²) in [6.45, 7) is 3.78. The van der Waals surface area contributed by atoms with E-state index in [1.54, 1.807) is 26.0 Å². The molecule has 7 heteroatoms. The first kappa shape index (κ1) is 16.7. The third-order valence-electron chi connectivity index (χ3n) is 3.26. The molecule has 1 N–H and O–H groups in total. The van der Waals surface area contributed by atoms with Gasteiger partial charge in [0.2, 0.25) is 0 Å². The number of hydrogen-bond donors (Lipinski definition) is 1. The van der Waals surface area contributed by atoms with Crippen molar-refractivity contribution in [3.05, 3.63) is 23.4 Å². The second-order valence-corrected chi connectivity index (χ2v) is 4.57. The molecule has 2 rings (SSSR count). The highest BCUT2D eigenvalue weighted by Gasteiger charge is 2.26. The average Bonchev–Trinajstić information content (AvgIpc) is 2.92. The maximum Gasteiger partial charge on any atom is 0.355 e. The topological polar surface area (TPSA) is 86.9 Å². The fourth-order valence-corrected chi connectivity index (χ4v) is 2.29. The number of esters is 2. The van der Waals surface area contributed by atoms with Crippen molar-refractivity contribution >= 4 is 22.8 Å². The highest BCUT2D eigenvalue weighted by molar-refractivity contribution is 6.13. The standard InChI is InChI=1S/C16H19NO6/c1-5-22-15(18)13-9-7-11(20-3)12(21-4)8-10(9)17-14(13)16(19)23-6-2/h7-8,17H,5-6H2,1-4H3. The first-order valence-corrected chi connectivity index (χ1v) is 7.19. The van der Waals surface area contributed by atoms with Crippen molar-refractivity contribution in [2.75, 3.05) is 27.4 Å². The van der Waals surface area contributed by atoms with E-state index in [-0.39, 0.29) is 24.5 Å². The molecule has 0 radical (unpaired) electrons. The number of rotatable bonds is 6. The van der Waals surface area contributed by atoms with Gasteiger partial charge in [0.25, 0.3) is 0 Å². The van der Waals surface area contributed by atoms with Crippen LogP contribution in [0.2, 0.25) is 0 Å². The molecule has 7 nitrogen and oxygen atoms in total. The summed E-state index contributed by atoms with van der Waals surface area (Å²) in [6, 6.07) is 3.28. The summed E-state index contributed by atoms with van der Waals surface area (Å²) in [4.78, 5) is 27.3. The lowest BCUT2D eigenvalue weighted by Gasteiger charge is -2.08. The van der Waals surface area contributed by atoms with Crippen molar-refractivity contribution in [2.45, 2.75) is 13.8 Å². The summed E-state index contributed by atoms with van der Waals surface area (Å²) in [5.74, 6) is -0.300. The zero-order valence-corrected chi connectivity index (χ0v) is 13.5. The van der Waals surface area contributed by atoms with E-state index in [0.29, 0.717) is 22.4 Å².